The minimum absolute atomic E-state index is 0.362. The van der Waals surface area contributed by atoms with Crippen molar-refractivity contribution in [3.8, 4) is 0 Å². The van der Waals surface area contributed by atoms with E-state index in [1.807, 2.05) is 0 Å². The molecule has 3 unspecified atom stereocenters. The molecule has 1 aromatic heterocycles. The van der Waals surface area contributed by atoms with Crippen LogP contribution in [0.25, 0.3) is 0 Å². The fraction of sp³-hybridized carbons (Fsp3) is 0.800. The highest BCUT2D eigenvalue weighted by atomic mass is 16.5. The Bertz CT molecular complexity index is 402. The first kappa shape index (κ1) is 14.5. The lowest BCUT2D eigenvalue weighted by molar-refractivity contribution is 0.0960. The van der Waals surface area contributed by atoms with Gasteiger partial charge in [0.2, 0.25) is 0 Å². The Morgan fingerprint density at radius 3 is 2.84 bits per heavy atom. The number of ether oxygens (including phenoxy) is 1. The third kappa shape index (κ3) is 3.18. The summed E-state index contributed by atoms with van der Waals surface area (Å²) in [5.41, 5.74) is 2.54. The molecule has 1 aliphatic rings. The molecule has 0 radical (unpaired) electrons. The van der Waals surface area contributed by atoms with E-state index in [9.17, 15) is 0 Å². The Morgan fingerprint density at radius 2 is 2.32 bits per heavy atom. The van der Waals surface area contributed by atoms with Gasteiger partial charge in [0.1, 0.15) is 0 Å². The van der Waals surface area contributed by atoms with Crippen molar-refractivity contribution in [2.24, 2.45) is 5.92 Å². The van der Waals surface area contributed by atoms with E-state index in [4.69, 9.17) is 4.74 Å². The van der Waals surface area contributed by atoms with Crippen molar-refractivity contribution >= 4 is 0 Å². The molecule has 0 bridgehead atoms. The van der Waals surface area contributed by atoms with Gasteiger partial charge in [0.05, 0.1) is 11.8 Å². The zero-order valence-corrected chi connectivity index (χ0v) is 12.6. The van der Waals surface area contributed by atoms with Gasteiger partial charge in [-0.05, 0) is 39.8 Å². The molecule has 0 amide bonds. The maximum Gasteiger partial charge on any atom is 0.0624 e. The van der Waals surface area contributed by atoms with Crippen LogP contribution in [0, 0.1) is 5.92 Å². The molecule has 0 spiro atoms. The number of nitrogens with one attached hydrogen (secondary N) is 1. The molecule has 19 heavy (non-hydrogen) atoms. The molecule has 4 heteroatoms. The number of hydrogen-bond donors (Lipinski definition) is 1. The molecule has 2 heterocycles. The number of hydrogen-bond acceptors (Lipinski definition) is 3. The average Bonchev–Trinajstić information content (AvgIpc) is 3.01. The molecule has 3 atom stereocenters. The van der Waals surface area contributed by atoms with Crippen LogP contribution in [0.15, 0.2) is 6.07 Å². The van der Waals surface area contributed by atoms with Crippen molar-refractivity contribution in [2.45, 2.75) is 58.7 Å². The van der Waals surface area contributed by atoms with Gasteiger partial charge in [0, 0.05) is 37.2 Å². The summed E-state index contributed by atoms with van der Waals surface area (Å²) in [5, 5.41) is 8.12. The SMILES string of the molecule is CCc1cc(CC(NC)C2CCOC2C)n(CC)n1. The monoisotopic (exact) mass is 265 g/mol. The minimum Gasteiger partial charge on any atom is -0.378 e. The maximum absolute atomic E-state index is 5.71. The van der Waals surface area contributed by atoms with Gasteiger partial charge < -0.3 is 10.1 Å². The molecular weight excluding hydrogens is 238 g/mol. The summed E-state index contributed by atoms with van der Waals surface area (Å²) in [7, 11) is 2.06. The Balaban J connectivity index is 2.11. The Hall–Kier alpha value is -0.870. The number of nitrogens with zero attached hydrogens (tertiary/aromatic N) is 2. The second kappa shape index (κ2) is 6.53. The Kier molecular flexibility index (Phi) is 4.99. The summed E-state index contributed by atoms with van der Waals surface area (Å²) < 4.78 is 7.85. The quantitative estimate of drug-likeness (QED) is 0.855. The summed E-state index contributed by atoms with van der Waals surface area (Å²) in [5.74, 6) is 0.607. The van der Waals surface area contributed by atoms with E-state index >= 15 is 0 Å². The van der Waals surface area contributed by atoms with Crippen LogP contribution in [0.4, 0.5) is 0 Å². The summed E-state index contributed by atoms with van der Waals surface area (Å²) in [6, 6.07) is 2.73. The van der Waals surface area contributed by atoms with Gasteiger partial charge in [-0.2, -0.15) is 5.10 Å². The fourth-order valence-electron chi connectivity index (χ4n) is 3.10. The highest BCUT2D eigenvalue weighted by Gasteiger charge is 2.31. The van der Waals surface area contributed by atoms with Gasteiger partial charge in [-0.25, -0.2) is 0 Å². The lowest BCUT2D eigenvalue weighted by atomic mass is 9.90. The second-order valence-corrected chi connectivity index (χ2v) is 5.42. The highest BCUT2D eigenvalue weighted by molar-refractivity contribution is 5.12. The van der Waals surface area contributed by atoms with E-state index < -0.39 is 0 Å². The van der Waals surface area contributed by atoms with Crippen molar-refractivity contribution in [2.75, 3.05) is 13.7 Å². The van der Waals surface area contributed by atoms with Gasteiger partial charge in [-0.15, -0.1) is 0 Å². The van der Waals surface area contributed by atoms with Crippen molar-refractivity contribution in [3.63, 3.8) is 0 Å². The number of likely N-dealkylation sites (N-methyl/N-ethyl adjacent to an activating group) is 1. The van der Waals surface area contributed by atoms with E-state index in [1.54, 1.807) is 0 Å². The lowest BCUT2D eigenvalue weighted by Crippen LogP contribution is -2.39. The summed E-state index contributed by atoms with van der Waals surface area (Å²) in [4.78, 5) is 0. The second-order valence-electron chi connectivity index (χ2n) is 5.42. The average molecular weight is 265 g/mol. The Morgan fingerprint density at radius 1 is 1.53 bits per heavy atom. The minimum atomic E-state index is 0.362. The summed E-state index contributed by atoms with van der Waals surface area (Å²) in [6.45, 7) is 8.36. The first-order valence-corrected chi connectivity index (χ1v) is 7.54. The molecule has 1 N–H and O–H groups in total. The largest absolute Gasteiger partial charge is 0.378 e. The van der Waals surface area contributed by atoms with Crippen molar-refractivity contribution in [1.82, 2.24) is 15.1 Å². The standard InChI is InChI=1S/C15H27N3O/c1-5-12-9-13(18(6-2)17-12)10-15(16-4)14-7-8-19-11(14)3/h9,11,14-16H,5-8,10H2,1-4H3. The van der Waals surface area contributed by atoms with Gasteiger partial charge in [0.25, 0.3) is 0 Å². The molecule has 0 aliphatic carbocycles. The molecule has 2 rings (SSSR count). The van der Waals surface area contributed by atoms with Crippen molar-refractivity contribution in [3.05, 3.63) is 17.5 Å². The number of aromatic nitrogens is 2. The normalized spacial score (nSPS) is 24.8. The van der Waals surface area contributed by atoms with E-state index in [0.29, 0.717) is 18.1 Å². The van der Waals surface area contributed by atoms with Crippen LogP contribution in [-0.2, 0) is 24.1 Å². The third-order valence-corrected chi connectivity index (χ3v) is 4.33. The summed E-state index contributed by atoms with van der Waals surface area (Å²) in [6.07, 6.45) is 3.57. The first-order valence-electron chi connectivity index (χ1n) is 7.54. The topological polar surface area (TPSA) is 39.1 Å². The van der Waals surface area contributed by atoms with Gasteiger partial charge in [0.15, 0.2) is 0 Å². The van der Waals surface area contributed by atoms with E-state index in [-0.39, 0.29) is 0 Å². The molecule has 108 valence electrons. The fourth-order valence-corrected chi connectivity index (χ4v) is 3.10. The van der Waals surface area contributed by atoms with Crippen LogP contribution in [0.5, 0.6) is 0 Å². The van der Waals surface area contributed by atoms with E-state index in [1.165, 1.54) is 11.4 Å². The van der Waals surface area contributed by atoms with Crippen molar-refractivity contribution in [1.29, 1.82) is 0 Å². The van der Waals surface area contributed by atoms with Crippen LogP contribution in [0.2, 0.25) is 0 Å². The molecule has 0 saturated carbocycles. The van der Waals surface area contributed by atoms with Crippen LogP contribution in [-0.4, -0.2) is 35.6 Å². The molecule has 1 aliphatic heterocycles. The molecule has 1 saturated heterocycles. The highest BCUT2D eigenvalue weighted by Crippen LogP contribution is 2.26. The zero-order valence-electron chi connectivity index (χ0n) is 12.6. The van der Waals surface area contributed by atoms with E-state index in [2.05, 4.69) is 49.0 Å². The maximum atomic E-state index is 5.71. The summed E-state index contributed by atoms with van der Waals surface area (Å²) >= 11 is 0. The van der Waals surface area contributed by atoms with E-state index in [0.717, 1.165) is 32.4 Å². The van der Waals surface area contributed by atoms with Crippen molar-refractivity contribution < 1.29 is 4.74 Å². The molecule has 4 nitrogen and oxygen atoms in total. The predicted octanol–water partition coefficient (Wildman–Crippen LogP) is 2.02. The first-order chi connectivity index (χ1) is 9.19. The molecule has 1 aromatic rings. The predicted molar refractivity (Wildman–Crippen MR) is 77.4 cm³/mol. The van der Waals surface area contributed by atoms with Gasteiger partial charge >= 0.3 is 0 Å². The van der Waals surface area contributed by atoms with Crippen LogP contribution < -0.4 is 5.32 Å². The molecule has 0 aromatic carbocycles. The third-order valence-electron chi connectivity index (χ3n) is 4.33. The smallest absolute Gasteiger partial charge is 0.0624 e. The molecular formula is C15H27N3O. The number of aryl methyl sites for hydroxylation is 2. The van der Waals surface area contributed by atoms with Crippen LogP contribution in [0.3, 0.4) is 0 Å². The number of rotatable bonds is 6. The van der Waals surface area contributed by atoms with Gasteiger partial charge in [-0.3, -0.25) is 4.68 Å². The Labute approximate surface area is 116 Å². The zero-order chi connectivity index (χ0) is 13.8. The van der Waals surface area contributed by atoms with Gasteiger partial charge in [-0.1, -0.05) is 6.92 Å². The van der Waals surface area contributed by atoms with Crippen LogP contribution >= 0.6 is 0 Å². The molecule has 1 fully saturated rings. The van der Waals surface area contributed by atoms with Crippen LogP contribution in [0.1, 0.15) is 38.6 Å². The lowest BCUT2D eigenvalue weighted by Gasteiger charge is -2.25.